The number of hydrogen-bond donors (Lipinski definition) is 2. The zero-order valence-corrected chi connectivity index (χ0v) is 9.14. The van der Waals surface area contributed by atoms with Crippen molar-refractivity contribution in [2.45, 2.75) is 0 Å². The monoisotopic (exact) mass is 234 g/mol. The molecule has 0 aliphatic rings. The predicted octanol–water partition coefficient (Wildman–Crippen LogP) is 1.46. The van der Waals surface area contributed by atoms with Crippen LogP contribution in [-0.2, 0) is 0 Å². The van der Waals surface area contributed by atoms with Crippen LogP contribution in [0, 0.1) is 5.82 Å². The molecule has 0 spiro atoms. The van der Waals surface area contributed by atoms with Crippen molar-refractivity contribution in [1.82, 2.24) is 9.97 Å². The molecule has 0 aliphatic heterocycles. The first kappa shape index (κ1) is 11.1. The summed E-state index contributed by atoms with van der Waals surface area (Å²) in [6, 6.07) is 4.40. The highest BCUT2D eigenvalue weighted by molar-refractivity contribution is 5.74. The van der Waals surface area contributed by atoms with Crippen LogP contribution in [0.4, 0.5) is 16.2 Å². The Morgan fingerprint density at radius 3 is 2.71 bits per heavy atom. The molecule has 0 atom stereocenters. The normalized spacial score (nSPS) is 10.2. The van der Waals surface area contributed by atoms with Gasteiger partial charge in [0.2, 0.25) is 5.95 Å². The maximum atomic E-state index is 13.2. The minimum Gasteiger partial charge on any atom is -0.494 e. The Balaban J connectivity index is 2.53. The largest absolute Gasteiger partial charge is 0.494 e. The number of anilines is 2. The van der Waals surface area contributed by atoms with Crippen molar-refractivity contribution in [1.29, 1.82) is 0 Å². The van der Waals surface area contributed by atoms with Gasteiger partial charge in [0, 0.05) is 11.8 Å². The second-order valence-electron chi connectivity index (χ2n) is 3.38. The van der Waals surface area contributed by atoms with Crippen LogP contribution in [0.5, 0.6) is 5.75 Å². The van der Waals surface area contributed by atoms with Crippen LogP contribution in [0.2, 0.25) is 0 Å². The summed E-state index contributed by atoms with van der Waals surface area (Å²) in [6.45, 7) is 0. The predicted molar refractivity (Wildman–Crippen MR) is 62.8 cm³/mol. The SMILES string of the molecule is COc1cc(-c2cnc(N)nc2N)ccc1F. The molecule has 0 bridgehead atoms. The summed E-state index contributed by atoms with van der Waals surface area (Å²) in [4.78, 5) is 7.68. The highest BCUT2D eigenvalue weighted by atomic mass is 19.1. The quantitative estimate of drug-likeness (QED) is 0.821. The molecule has 0 saturated heterocycles. The van der Waals surface area contributed by atoms with Gasteiger partial charge in [0.25, 0.3) is 0 Å². The first-order valence-corrected chi connectivity index (χ1v) is 4.83. The smallest absolute Gasteiger partial charge is 0.221 e. The molecule has 0 unspecified atom stereocenters. The number of benzene rings is 1. The molecule has 6 heteroatoms. The van der Waals surface area contributed by atoms with Crippen molar-refractivity contribution < 1.29 is 9.13 Å². The molecule has 1 aromatic carbocycles. The average Bonchev–Trinajstić information content (AvgIpc) is 2.30. The van der Waals surface area contributed by atoms with Crippen LogP contribution in [0.1, 0.15) is 0 Å². The van der Waals surface area contributed by atoms with E-state index in [1.54, 1.807) is 6.07 Å². The Kier molecular flexibility index (Phi) is 2.78. The van der Waals surface area contributed by atoms with E-state index in [9.17, 15) is 4.39 Å². The third kappa shape index (κ3) is 2.10. The van der Waals surface area contributed by atoms with Crippen LogP contribution >= 0.6 is 0 Å². The number of ether oxygens (including phenoxy) is 1. The number of rotatable bonds is 2. The summed E-state index contributed by atoms with van der Waals surface area (Å²) < 4.78 is 18.1. The molecule has 2 rings (SSSR count). The molecular formula is C11H11FN4O. The molecule has 0 saturated carbocycles. The van der Waals surface area contributed by atoms with Crippen LogP contribution in [0.3, 0.4) is 0 Å². The van der Waals surface area contributed by atoms with Gasteiger partial charge in [-0.15, -0.1) is 0 Å². The lowest BCUT2D eigenvalue weighted by atomic mass is 10.1. The molecular weight excluding hydrogens is 223 g/mol. The van der Waals surface area contributed by atoms with Crippen molar-refractivity contribution in [3.05, 3.63) is 30.2 Å². The zero-order chi connectivity index (χ0) is 12.4. The van der Waals surface area contributed by atoms with E-state index in [1.165, 1.54) is 25.4 Å². The molecule has 88 valence electrons. The first-order valence-electron chi connectivity index (χ1n) is 4.83. The van der Waals surface area contributed by atoms with Gasteiger partial charge in [0.15, 0.2) is 11.6 Å². The number of nitrogen functional groups attached to an aromatic ring is 2. The van der Waals surface area contributed by atoms with E-state index >= 15 is 0 Å². The number of nitrogens with zero attached hydrogens (tertiary/aromatic N) is 2. The third-order valence-electron chi connectivity index (χ3n) is 2.30. The highest BCUT2D eigenvalue weighted by Crippen LogP contribution is 2.28. The van der Waals surface area contributed by atoms with Crippen molar-refractivity contribution in [2.75, 3.05) is 18.6 Å². The summed E-state index contributed by atoms with van der Waals surface area (Å²) in [7, 11) is 1.39. The molecule has 0 amide bonds. The second-order valence-corrected chi connectivity index (χ2v) is 3.38. The van der Waals surface area contributed by atoms with E-state index in [-0.39, 0.29) is 17.5 Å². The van der Waals surface area contributed by atoms with Crippen molar-refractivity contribution in [3.8, 4) is 16.9 Å². The molecule has 5 nitrogen and oxygen atoms in total. The number of hydrogen-bond acceptors (Lipinski definition) is 5. The fourth-order valence-electron chi connectivity index (χ4n) is 1.46. The Labute approximate surface area is 97.3 Å². The molecule has 17 heavy (non-hydrogen) atoms. The standard InChI is InChI=1S/C11H11FN4O/c1-17-9-4-6(2-3-8(9)12)7-5-15-11(14)16-10(7)13/h2-5H,1H3,(H4,13,14,15,16). The van der Waals surface area contributed by atoms with Crippen LogP contribution < -0.4 is 16.2 Å². The van der Waals surface area contributed by atoms with Crippen LogP contribution in [0.25, 0.3) is 11.1 Å². The van der Waals surface area contributed by atoms with E-state index < -0.39 is 5.82 Å². The van der Waals surface area contributed by atoms with Crippen LogP contribution in [-0.4, -0.2) is 17.1 Å². The van der Waals surface area contributed by atoms with Crippen molar-refractivity contribution >= 4 is 11.8 Å². The molecule has 0 fully saturated rings. The maximum Gasteiger partial charge on any atom is 0.221 e. The second kappa shape index (κ2) is 4.25. The average molecular weight is 234 g/mol. The topological polar surface area (TPSA) is 87.0 Å². The van der Waals surface area contributed by atoms with Crippen molar-refractivity contribution in [2.24, 2.45) is 0 Å². The number of nitrogens with two attached hydrogens (primary N) is 2. The van der Waals surface area contributed by atoms with Crippen molar-refractivity contribution in [3.63, 3.8) is 0 Å². The van der Waals surface area contributed by atoms with Gasteiger partial charge in [-0.2, -0.15) is 4.98 Å². The third-order valence-corrected chi connectivity index (χ3v) is 2.30. The van der Waals surface area contributed by atoms with Gasteiger partial charge >= 0.3 is 0 Å². The summed E-state index contributed by atoms with van der Waals surface area (Å²) in [6.07, 6.45) is 1.49. The Morgan fingerprint density at radius 2 is 2.06 bits per heavy atom. The van der Waals surface area contributed by atoms with Gasteiger partial charge in [0.1, 0.15) is 5.82 Å². The Morgan fingerprint density at radius 1 is 1.29 bits per heavy atom. The fraction of sp³-hybridized carbons (Fsp3) is 0.0909. The van der Waals surface area contributed by atoms with E-state index in [4.69, 9.17) is 16.2 Å². The lowest BCUT2D eigenvalue weighted by Crippen LogP contribution is -2.01. The summed E-state index contributed by atoms with van der Waals surface area (Å²) in [5, 5.41) is 0. The lowest BCUT2D eigenvalue weighted by Gasteiger charge is -2.07. The first-order chi connectivity index (χ1) is 8.11. The maximum absolute atomic E-state index is 13.2. The molecule has 0 aliphatic carbocycles. The lowest BCUT2D eigenvalue weighted by molar-refractivity contribution is 0.387. The van der Waals surface area contributed by atoms with Gasteiger partial charge in [-0.05, 0) is 17.7 Å². The van der Waals surface area contributed by atoms with Gasteiger partial charge in [-0.3, -0.25) is 0 Å². The van der Waals surface area contributed by atoms with E-state index in [0.717, 1.165) is 0 Å². The summed E-state index contributed by atoms with van der Waals surface area (Å²) >= 11 is 0. The Hall–Kier alpha value is -2.37. The van der Waals surface area contributed by atoms with Crippen LogP contribution in [0.15, 0.2) is 24.4 Å². The number of aromatic nitrogens is 2. The molecule has 2 aromatic rings. The van der Waals surface area contributed by atoms with Gasteiger partial charge in [-0.1, -0.05) is 6.07 Å². The summed E-state index contributed by atoms with van der Waals surface area (Å²) in [5.41, 5.74) is 12.4. The van der Waals surface area contributed by atoms with Gasteiger partial charge in [-0.25, -0.2) is 9.37 Å². The minimum atomic E-state index is -0.439. The highest BCUT2D eigenvalue weighted by Gasteiger charge is 2.09. The summed E-state index contributed by atoms with van der Waals surface area (Å²) in [5.74, 6) is 0.0383. The Bertz CT molecular complexity index is 559. The fourth-order valence-corrected chi connectivity index (χ4v) is 1.46. The molecule has 1 heterocycles. The molecule has 0 radical (unpaired) electrons. The van der Waals surface area contributed by atoms with E-state index in [2.05, 4.69) is 9.97 Å². The molecule has 1 aromatic heterocycles. The zero-order valence-electron chi connectivity index (χ0n) is 9.14. The van der Waals surface area contributed by atoms with Gasteiger partial charge in [0.05, 0.1) is 7.11 Å². The number of halogens is 1. The van der Waals surface area contributed by atoms with E-state index in [0.29, 0.717) is 11.1 Å². The minimum absolute atomic E-state index is 0.0975. The van der Waals surface area contributed by atoms with E-state index in [1.807, 2.05) is 0 Å². The van der Waals surface area contributed by atoms with Gasteiger partial charge < -0.3 is 16.2 Å². The molecule has 4 N–H and O–H groups in total. The number of methoxy groups -OCH3 is 1.